The number of nitrogens with two attached hydrogens (primary N) is 1. The molecule has 1 aromatic heterocycles. The molecular weight excluding hydrogens is 246 g/mol. The van der Waals surface area contributed by atoms with E-state index in [2.05, 4.69) is 41.4 Å². The molecule has 2 N–H and O–H groups in total. The van der Waals surface area contributed by atoms with Gasteiger partial charge in [-0.25, -0.2) is 0 Å². The van der Waals surface area contributed by atoms with Crippen LogP contribution < -0.4 is 9.44 Å². The van der Waals surface area contributed by atoms with Crippen molar-refractivity contribution in [3.63, 3.8) is 0 Å². The maximum Gasteiger partial charge on any atom is 0.0865 e. The molecule has 1 saturated heterocycles. The molecule has 18 heavy (non-hydrogen) atoms. The van der Waals surface area contributed by atoms with Crippen LogP contribution in [0, 0.1) is 0 Å². The highest BCUT2D eigenvalue weighted by Crippen LogP contribution is 2.27. The second-order valence-electron chi connectivity index (χ2n) is 5.26. The molecule has 1 aliphatic rings. The summed E-state index contributed by atoms with van der Waals surface area (Å²) in [6, 6.07) is 0.862. The second-order valence-corrected chi connectivity index (χ2v) is 5.87. The first-order valence-electron chi connectivity index (χ1n) is 6.50. The Morgan fingerprint density at radius 1 is 1.56 bits per heavy atom. The molecule has 5 nitrogen and oxygen atoms in total. The number of hydrogen-bond acceptors (Lipinski definition) is 5. The van der Waals surface area contributed by atoms with Gasteiger partial charge in [0.2, 0.25) is 0 Å². The highest BCUT2D eigenvalue weighted by Gasteiger charge is 2.25. The van der Waals surface area contributed by atoms with Gasteiger partial charge in [-0.2, -0.15) is 5.10 Å². The number of likely N-dealkylation sites (tertiary alicyclic amines) is 1. The Balaban J connectivity index is 2.11. The van der Waals surface area contributed by atoms with Gasteiger partial charge in [0.15, 0.2) is 0 Å². The van der Waals surface area contributed by atoms with E-state index in [0.29, 0.717) is 12.1 Å². The van der Waals surface area contributed by atoms with E-state index >= 15 is 0 Å². The molecule has 0 spiro atoms. The van der Waals surface area contributed by atoms with Crippen molar-refractivity contribution in [3.05, 3.63) is 12.4 Å². The molecule has 0 radical (unpaired) electrons. The third-order valence-electron chi connectivity index (χ3n) is 3.42. The molecule has 0 aliphatic carbocycles. The molecule has 1 unspecified atom stereocenters. The molecule has 1 fully saturated rings. The van der Waals surface area contributed by atoms with E-state index in [-0.39, 0.29) is 0 Å². The summed E-state index contributed by atoms with van der Waals surface area (Å²) in [7, 11) is 2.17. The maximum atomic E-state index is 5.85. The van der Waals surface area contributed by atoms with Crippen molar-refractivity contribution in [1.82, 2.24) is 14.7 Å². The topological polar surface area (TPSA) is 50.3 Å². The van der Waals surface area contributed by atoms with Gasteiger partial charge in [0.1, 0.15) is 0 Å². The molecular formula is C12H23N5S. The summed E-state index contributed by atoms with van der Waals surface area (Å²) >= 11 is 1.31. The highest BCUT2D eigenvalue weighted by molar-refractivity contribution is 7.98. The van der Waals surface area contributed by atoms with Gasteiger partial charge in [0.05, 0.1) is 17.9 Å². The third kappa shape index (κ3) is 2.99. The van der Waals surface area contributed by atoms with Gasteiger partial charge in [0.25, 0.3) is 0 Å². The van der Waals surface area contributed by atoms with Gasteiger partial charge in [0, 0.05) is 30.9 Å². The van der Waals surface area contributed by atoms with Crippen LogP contribution in [-0.4, -0.2) is 40.9 Å². The Bertz CT molecular complexity index is 378. The Labute approximate surface area is 114 Å². The first-order valence-corrected chi connectivity index (χ1v) is 7.34. The van der Waals surface area contributed by atoms with Crippen LogP contribution in [0.3, 0.4) is 0 Å². The number of hydrogen-bond donors (Lipinski definition) is 1. The molecule has 0 bridgehead atoms. The standard InChI is InChI=1S/C12H23N5S/c1-10(2)16-9-12(7-14-16)17(18-13)11-5-4-6-15(3)8-11/h7,9-11H,4-6,8,13H2,1-3H3. The minimum atomic E-state index is 0.386. The van der Waals surface area contributed by atoms with E-state index in [4.69, 9.17) is 5.14 Å². The van der Waals surface area contributed by atoms with E-state index in [1.54, 1.807) is 0 Å². The van der Waals surface area contributed by atoms with Crippen LogP contribution in [0.5, 0.6) is 0 Å². The molecule has 2 rings (SSSR count). The number of likely N-dealkylation sites (N-methyl/N-ethyl adjacent to an activating group) is 1. The van der Waals surface area contributed by atoms with Gasteiger partial charge in [-0.3, -0.25) is 14.1 Å². The summed E-state index contributed by atoms with van der Waals surface area (Å²) in [4.78, 5) is 2.37. The number of rotatable bonds is 4. The summed E-state index contributed by atoms with van der Waals surface area (Å²) in [5, 5.41) is 10.2. The number of anilines is 1. The summed E-state index contributed by atoms with van der Waals surface area (Å²) < 4.78 is 4.17. The van der Waals surface area contributed by atoms with Crippen molar-refractivity contribution < 1.29 is 0 Å². The first-order chi connectivity index (χ1) is 8.61. The lowest BCUT2D eigenvalue weighted by molar-refractivity contribution is 0.254. The predicted octanol–water partition coefficient (Wildman–Crippen LogP) is 1.89. The molecule has 1 aromatic rings. The molecule has 1 aliphatic heterocycles. The fourth-order valence-electron chi connectivity index (χ4n) is 2.41. The lowest BCUT2D eigenvalue weighted by Gasteiger charge is -2.36. The van der Waals surface area contributed by atoms with Crippen molar-refractivity contribution in [2.75, 3.05) is 24.4 Å². The fraction of sp³-hybridized carbons (Fsp3) is 0.750. The molecule has 2 heterocycles. The summed E-state index contributed by atoms with van der Waals surface area (Å²) in [5.41, 5.74) is 1.11. The first kappa shape index (κ1) is 13.7. The molecule has 102 valence electrons. The van der Waals surface area contributed by atoms with Gasteiger partial charge in [-0.1, -0.05) is 0 Å². The van der Waals surface area contributed by atoms with Crippen LogP contribution in [0.25, 0.3) is 0 Å². The van der Waals surface area contributed by atoms with Crippen molar-refractivity contribution in [1.29, 1.82) is 0 Å². The van der Waals surface area contributed by atoms with Crippen LogP contribution in [0.1, 0.15) is 32.7 Å². The Kier molecular flexibility index (Phi) is 4.53. The lowest BCUT2D eigenvalue weighted by Crippen LogP contribution is -2.44. The Hall–Kier alpha value is -0.720. The van der Waals surface area contributed by atoms with E-state index < -0.39 is 0 Å². The van der Waals surface area contributed by atoms with Crippen molar-refractivity contribution in [2.24, 2.45) is 5.14 Å². The van der Waals surface area contributed by atoms with Crippen LogP contribution in [-0.2, 0) is 0 Å². The van der Waals surface area contributed by atoms with Gasteiger partial charge >= 0.3 is 0 Å². The van der Waals surface area contributed by atoms with E-state index in [9.17, 15) is 0 Å². The van der Waals surface area contributed by atoms with E-state index in [1.165, 1.54) is 31.5 Å². The zero-order valence-electron chi connectivity index (χ0n) is 11.4. The van der Waals surface area contributed by atoms with Crippen LogP contribution in [0.2, 0.25) is 0 Å². The number of aromatic nitrogens is 2. The summed E-state index contributed by atoms with van der Waals surface area (Å²) in [5.74, 6) is 0. The van der Waals surface area contributed by atoms with Gasteiger partial charge in [-0.05, 0) is 40.3 Å². The second kappa shape index (κ2) is 5.95. The summed E-state index contributed by atoms with van der Waals surface area (Å²) in [6.07, 6.45) is 6.42. The largest absolute Gasteiger partial charge is 0.304 e. The minimum absolute atomic E-state index is 0.386. The average Bonchev–Trinajstić information content (AvgIpc) is 2.80. The molecule has 0 amide bonds. The molecule has 6 heteroatoms. The highest BCUT2D eigenvalue weighted by atomic mass is 32.2. The number of piperidine rings is 1. The van der Waals surface area contributed by atoms with E-state index in [0.717, 1.165) is 12.2 Å². The van der Waals surface area contributed by atoms with Crippen molar-refractivity contribution >= 4 is 17.8 Å². The number of nitrogens with zero attached hydrogens (tertiary/aromatic N) is 4. The van der Waals surface area contributed by atoms with Crippen molar-refractivity contribution in [3.8, 4) is 0 Å². The maximum absolute atomic E-state index is 5.85. The predicted molar refractivity (Wildman–Crippen MR) is 77.4 cm³/mol. The minimum Gasteiger partial charge on any atom is -0.304 e. The average molecular weight is 269 g/mol. The van der Waals surface area contributed by atoms with Crippen LogP contribution in [0.15, 0.2) is 12.4 Å². The fourth-order valence-corrected chi connectivity index (χ4v) is 2.97. The Morgan fingerprint density at radius 2 is 2.33 bits per heavy atom. The van der Waals surface area contributed by atoms with Crippen LogP contribution in [0.4, 0.5) is 5.69 Å². The normalized spacial score (nSPS) is 21.5. The Morgan fingerprint density at radius 3 is 2.89 bits per heavy atom. The van der Waals surface area contributed by atoms with Crippen molar-refractivity contribution in [2.45, 2.75) is 38.8 Å². The quantitative estimate of drug-likeness (QED) is 0.846. The lowest BCUT2D eigenvalue weighted by atomic mass is 10.1. The molecule has 0 saturated carbocycles. The van der Waals surface area contributed by atoms with Gasteiger partial charge < -0.3 is 4.90 Å². The van der Waals surface area contributed by atoms with Gasteiger partial charge in [-0.15, -0.1) is 0 Å². The summed E-state index contributed by atoms with van der Waals surface area (Å²) in [6.45, 7) is 6.51. The zero-order chi connectivity index (χ0) is 13.1. The van der Waals surface area contributed by atoms with Crippen LogP contribution >= 0.6 is 12.1 Å². The zero-order valence-corrected chi connectivity index (χ0v) is 12.2. The SMILES string of the molecule is CC(C)n1cc(N(SN)C2CCCN(C)C2)cn1. The molecule has 0 aromatic carbocycles. The monoisotopic (exact) mass is 269 g/mol. The smallest absolute Gasteiger partial charge is 0.0865 e. The van der Waals surface area contributed by atoms with E-state index in [1.807, 2.05) is 10.9 Å². The third-order valence-corrected chi connectivity index (χ3v) is 4.15. The molecule has 1 atom stereocenters.